The van der Waals surface area contributed by atoms with Crippen LogP contribution in [0.15, 0.2) is 36.4 Å². The number of fused-ring (bicyclic) bond motifs is 1. The summed E-state index contributed by atoms with van der Waals surface area (Å²) in [5.74, 6) is 0.322. The second-order valence-electron chi connectivity index (χ2n) is 5.78. The monoisotopic (exact) mass is 271 g/mol. The van der Waals surface area contributed by atoms with Crippen LogP contribution in [0.3, 0.4) is 0 Å². The van der Waals surface area contributed by atoms with E-state index in [1.165, 1.54) is 0 Å². The molecule has 3 nitrogen and oxygen atoms in total. The maximum absolute atomic E-state index is 10.1. The van der Waals surface area contributed by atoms with Gasteiger partial charge in [-0.2, -0.15) is 0 Å². The van der Waals surface area contributed by atoms with E-state index in [1.54, 1.807) is 6.07 Å². The molecule has 2 aromatic carbocycles. The van der Waals surface area contributed by atoms with Crippen molar-refractivity contribution < 1.29 is 10.2 Å². The van der Waals surface area contributed by atoms with Gasteiger partial charge in [0.25, 0.3) is 0 Å². The van der Waals surface area contributed by atoms with Crippen molar-refractivity contribution in [2.24, 2.45) is 0 Å². The Labute approximate surface area is 119 Å². The van der Waals surface area contributed by atoms with Crippen LogP contribution in [0.25, 0.3) is 10.8 Å². The molecular weight excluding hydrogens is 250 g/mol. The highest BCUT2D eigenvalue weighted by molar-refractivity contribution is 5.87. The van der Waals surface area contributed by atoms with Gasteiger partial charge < -0.3 is 15.5 Å². The zero-order chi connectivity index (χ0) is 14.0. The Morgan fingerprint density at radius 1 is 1.05 bits per heavy atom. The lowest BCUT2D eigenvalue weighted by molar-refractivity contribution is 0.162. The van der Waals surface area contributed by atoms with Crippen molar-refractivity contribution in [1.82, 2.24) is 5.32 Å². The van der Waals surface area contributed by atoms with E-state index in [1.807, 2.05) is 24.3 Å². The number of aromatic hydroxyl groups is 1. The minimum Gasteiger partial charge on any atom is -0.508 e. The summed E-state index contributed by atoms with van der Waals surface area (Å²) >= 11 is 0. The molecule has 2 aromatic rings. The van der Waals surface area contributed by atoms with Crippen LogP contribution in [0, 0.1) is 0 Å². The highest BCUT2D eigenvalue weighted by Crippen LogP contribution is 2.32. The number of phenols is 1. The lowest BCUT2D eigenvalue weighted by Crippen LogP contribution is -2.45. The summed E-state index contributed by atoms with van der Waals surface area (Å²) in [5.41, 5.74) is 0.756. The average molecular weight is 271 g/mol. The van der Waals surface area contributed by atoms with Crippen molar-refractivity contribution in [2.45, 2.75) is 37.8 Å². The molecule has 0 bridgehead atoms. The van der Waals surface area contributed by atoms with Crippen LogP contribution in [-0.4, -0.2) is 22.4 Å². The number of rotatable bonds is 4. The van der Waals surface area contributed by atoms with E-state index in [4.69, 9.17) is 0 Å². The van der Waals surface area contributed by atoms with Gasteiger partial charge in [0.1, 0.15) is 5.75 Å². The normalized spacial score (nSPS) is 17.6. The molecule has 1 aliphatic rings. The van der Waals surface area contributed by atoms with Crippen molar-refractivity contribution in [2.75, 3.05) is 6.61 Å². The van der Waals surface area contributed by atoms with Crippen molar-refractivity contribution in [3.63, 3.8) is 0 Å². The van der Waals surface area contributed by atoms with E-state index in [2.05, 4.69) is 11.4 Å². The first-order valence-corrected chi connectivity index (χ1v) is 7.30. The fraction of sp³-hybridized carbons (Fsp3) is 0.412. The molecule has 0 radical (unpaired) electrons. The van der Waals surface area contributed by atoms with Crippen LogP contribution >= 0.6 is 0 Å². The summed E-state index contributed by atoms with van der Waals surface area (Å²) in [7, 11) is 0. The molecule has 3 N–H and O–H groups in total. The molecular formula is C17H21NO2. The topological polar surface area (TPSA) is 52.5 Å². The Balaban J connectivity index is 1.89. The Hall–Kier alpha value is -1.58. The predicted octanol–water partition coefficient (Wildman–Crippen LogP) is 2.94. The molecule has 1 aliphatic carbocycles. The van der Waals surface area contributed by atoms with Gasteiger partial charge >= 0.3 is 0 Å². The van der Waals surface area contributed by atoms with Crippen LogP contribution in [-0.2, 0) is 6.54 Å². The van der Waals surface area contributed by atoms with Crippen LogP contribution in [0.2, 0.25) is 0 Å². The molecule has 20 heavy (non-hydrogen) atoms. The highest BCUT2D eigenvalue weighted by Gasteiger charge is 2.32. The fourth-order valence-electron chi connectivity index (χ4n) is 3.23. The van der Waals surface area contributed by atoms with Gasteiger partial charge in [0.15, 0.2) is 0 Å². The first-order chi connectivity index (χ1) is 9.74. The van der Waals surface area contributed by atoms with E-state index < -0.39 is 0 Å². The molecule has 0 saturated heterocycles. The first-order valence-electron chi connectivity index (χ1n) is 7.30. The SMILES string of the molecule is OCC1(NCc2c(O)ccc3ccccc23)CCCC1. The molecule has 106 valence electrons. The molecule has 1 fully saturated rings. The summed E-state index contributed by atoms with van der Waals surface area (Å²) in [6, 6.07) is 11.8. The lowest BCUT2D eigenvalue weighted by Gasteiger charge is -2.28. The van der Waals surface area contributed by atoms with Crippen LogP contribution < -0.4 is 5.32 Å². The standard InChI is InChI=1S/C17H21NO2/c19-12-17(9-3-4-10-17)18-11-15-14-6-2-1-5-13(14)7-8-16(15)20/h1-2,5-8,18-20H,3-4,9-12H2. The molecule has 1 saturated carbocycles. The number of phenolic OH excluding ortho intramolecular Hbond substituents is 1. The van der Waals surface area contributed by atoms with Gasteiger partial charge in [0.2, 0.25) is 0 Å². The number of aliphatic hydroxyl groups excluding tert-OH is 1. The fourth-order valence-corrected chi connectivity index (χ4v) is 3.23. The highest BCUT2D eigenvalue weighted by atomic mass is 16.3. The minimum atomic E-state index is -0.163. The zero-order valence-corrected chi connectivity index (χ0v) is 11.6. The average Bonchev–Trinajstić information content (AvgIpc) is 2.96. The number of hydrogen-bond acceptors (Lipinski definition) is 3. The predicted molar refractivity (Wildman–Crippen MR) is 80.7 cm³/mol. The zero-order valence-electron chi connectivity index (χ0n) is 11.6. The van der Waals surface area contributed by atoms with E-state index in [0.717, 1.165) is 42.0 Å². The van der Waals surface area contributed by atoms with E-state index >= 15 is 0 Å². The smallest absolute Gasteiger partial charge is 0.120 e. The van der Waals surface area contributed by atoms with Crippen LogP contribution in [0.5, 0.6) is 5.75 Å². The second kappa shape index (κ2) is 5.43. The molecule has 0 aromatic heterocycles. The van der Waals surface area contributed by atoms with Gasteiger partial charge in [-0.05, 0) is 29.7 Å². The van der Waals surface area contributed by atoms with Crippen LogP contribution in [0.1, 0.15) is 31.2 Å². The van der Waals surface area contributed by atoms with Gasteiger partial charge in [-0.25, -0.2) is 0 Å². The van der Waals surface area contributed by atoms with E-state index in [9.17, 15) is 10.2 Å². The second-order valence-corrected chi connectivity index (χ2v) is 5.78. The third-order valence-electron chi connectivity index (χ3n) is 4.52. The molecule has 3 heteroatoms. The third kappa shape index (κ3) is 2.39. The quantitative estimate of drug-likeness (QED) is 0.801. The van der Waals surface area contributed by atoms with E-state index in [-0.39, 0.29) is 12.1 Å². The summed E-state index contributed by atoms with van der Waals surface area (Å²) < 4.78 is 0. The summed E-state index contributed by atoms with van der Waals surface area (Å²) in [5, 5.41) is 25.5. The molecule has 0 heterocycles. The Bertz CT molecular complexity index is 603. The lowest BCUT2D eigenvalue weighted by atomic mass is 9.97. The molecule has 0 unspecified atom stereocenters. The van der Waals surface area contributed by atoms with Gasteiger partial charge in [-0.1, -0.05) is 43.2 Å². The van der Waals surface area contributed by atoms with Crippen molar-refractivity contribution >= 4 is 10.8 Å². The first kappa shape index (κ1) is 13.4. The Morgan fingerprint density at radius 3 is 2.55 bits per heavy atom. The Morgan fingerprint density at radius 2 is 1.80 bits per heavy atom. The van der Waals surface area contributed by atoms with Gasteiger partial charge in [-0.3, -0.25) is 0 Å². The van der Waals surface area contributed by atoms with Crippen molar-refractivity contribution in [3.05, 3.63) is 42.0 Å². The van der Waals surface area contributed by atoms with Gasteiger partial charge in [0, 0.05) is 17.6 Å². The number of nitrogens with one attached hydrogen (secondary N) is 1. The Kier molecular flexibility index (Phi) is 3.64. The number of benzene rings is 2. The molecule has 0 aliphatic heterocycles. The third-order valence-corrected chi connectivity index (χ3v) is 4.52. The summed E-state index contributed by atoms with van der Waals surface area (Å²) in [6.45, 7) is 0.756. The molecule has 0 atom stereocenters. The largest absolute Gasteiger partial charge is 0.508 e. The van der Waals surface area contributed by atoms with Gasteiger partial charge in [-0.15, -0.1) is 0 Å². The maximum atomic E-state index is 10.1. The van der Waals surface area contributed by atoms with E-state index in [0.29, 0.717) is 12.3 Å². The number of aliphatic hydroxyl groups is 1. The minimum absolute atomic E-state index is 0.163. The maximum Gasteiger partial charge on any atom is 0.120 e. The molecule has 0 spiro atoms. The van der Waals surface area contributed by atoms with Gasteiger partial charge in [0.05, 0.1) is 6.61 Å². The van der Waals surface area contributed by atoms with Crippen LogP contribution in [0.4, 0.5) is 0 Å². The number of hydrogen-bond donors (Lipinski definition) is 3. The summed E-state index contributed by atoms with van der Waals surface area (Å²) in [6.07, 6.45) is 4.34. The summed E-state index contributed by atoms with van der Waals surface area (Å²) in [4.78, 5) is 0. The van der Waals surface area contributed by atoms with Crippen molar-refractivity contribution in [3.8, 4) is 5.75 Å². The molecule has 0 amide bonds. The van der Waals surface area contributed by atoms with Crippen molar-refractivity contribution in [1.29, 1.82) is 0 Å². The molecule has 3 rings (SSSR count).